The maximum Gasteiger partial charge on any atom is 0.0612 e. The van der Waals surface area contributed by atoms with Crippen LogP contribution in [-0.2, 0) is 4.74 Å². The Kier molecular flexibility index (Phi) is 6.92. The Balaban J connectivity index is 2.92. The highest BCUT2D eigenvalue weighted by molar-refractivity contribution is 5.03. The number of hydrogen-bond donors (Lipinski definition) is 2. The average Bonchev–Trinajstić information content (AvgIpc) is 2.49. The molecule has 1 fully saturated rings. The van der Waals surface area contributed by atoms with Gasteiger partial charge < -0.3 is 15.1 Å². The minimum Gasteiger partial charge on any atom is -0.396 e. The normalized spacial score (nSPS) is 23.1. The number of piperidine rings is 1. The van der Waals surface area contributed by atoms with Crippen molar-refractivity contribution in [2.24, 2.45) is 0 Å². The van der Waals surface area contributed by atoms with Crippen LogP contribution in [0.2, 0.25) is 0 Å². The van der Waals surface area contributed by atoms with Gasteiger partial charge in [0, 0.05) is 24.3 Å². The molecule has 1 aliphatic heterocycles. The van der Waals surface area contributed by atoms with Crippen molar-refractivity contribution < 1.29 is 15.1 Å². The van der Waals surface area contributed by atoms with Gasteiger partial charge in [-0.3, -0.25) is 0 Å². The summed E-state index contributed by atoms with van der Waals surface area (Å²) < 4.78 is 5.99. The van der Waals surface area contributed by atoms with Crippen molar-refractivity contribution in [3.05, 3.63) is 0 Å². The van der Waals surface area contributed by atoms with Gasteiger partial charge in [-0.15, -0.1) is 0 Å². The smallest absolute Gasteiger partial charge is 0.0612 e. The van der Waals surface area contributed by atoms with Crippen molar-refractivity contribution in [1.82, 2.24) is 5.06 Å². The van der Waals surface area contributed by atoms with E-state index in [2.05, 4.69) is 27.7 Å². The minimum absolute atomic E-state index is 0.172. The molecule has 1 aliphatic rings. The predicted octanol–water partition coefficient (Wildman–Crippen LogP) is 3.36. The number of rotatable bonds is 8. The zero-order valence-electron chi connectivity index (χ0n) is 13.7. The van der Waals surface area contributed by atoms with Gasteiger partial charge in [0.15, 0.2) is 0 Å². The summed E-state index contributed by atoms with van der Waals surface area (Å²) in [6.07, 6.45) is 6.36. The van der Waals surface area contributed by atoms with E-state index in [-0.39, 0.29) is 23.8 Å². The number of ether oxygens (including phenoxy) is 1. The monoisotopic (exact) mass is 287 g/mol. The Labute approximate surface area is 124 Å². The first-order valence-corrected chi connectivity index (χ1v) is 8.25. The van der Waals surface area contributed by atoms with Gasteiger partial charge >= 0.3 is 0 Å². The summed E-state index contributed by atoms with van der Waals surface area (Å²) in [5.41, 5.74) is -0.345. The Bertz CT molecular complexity index is 253. The largest absolute Gasteiger partial charge is 0.396 e. The van der Waals surface area contributed by atoms with Crippen molar-refractivity contribution in [2.75, 3.05) is 13.2 Å². The fourth-order valence-electron chi connectivity index (χ4n) is 3.70. The van der Waals surface area contributed by atoms with E-state index in [0.29, 0.717) is 13.0 Å². The van der Waals surface area contributed by atoms with Crippen molar-refractivity contribution >= 4 is 0 Å². The molecule has 0 aromatic heterocycles. The maximum atomic E-state index is 10.9. The molecule has 4 heteroatoms. The van der Waals surface area contributed by atoms with Crippen LogP contribution in [-0.4, -0.2) is 45.8 Å². The van der Waals surface area contributed by atoms with Crippen LogP contribution >= 0.6 is 0 Å². The van der Waals surface area contributed by atoms with E-state index in [9.17, 15) is 5.21 Å². The van der Waals surface area contributed by atoms with Gasteiger partial charge in [0.25, 0.3) is 0 Å². The van der Waals surface area contributed by atoms with Gasteiger partial charge in [-0.05, 0) is 44.9 Å². The molecule has 0 aromatic rings. The second kappa shape index (κ2) is 7.74. The van der Waals surface area contributed by atoms with Crippen molar-refractivity contribution in [2.45, 2.75) is 89.8 Å². The van der Waals surface area contributed by atoms with Gasteiger partial charge in [0.1, 0.15) is 0 Å². The molecule has 2 N–H and O–H groups in total. The van der Waals surface area contributed by atoms with Crippen LogP contribution in [0, 0.1) is 0 Å². The Morgan fingerprint density at radius 1 is 1.00 bits per heavy atom. The number of aliphatic hydroxyl groups is 1. The molecule has 120 valence electrons. The Morgan fingerprint density at radius 2 is 1.45 bits per heavy atom. The van der Waals surface area contributed by atoms with Gasteiger partial charge in [0.2, 0.25) is 0 Å². The lowest BCUT2D eigenvalue weighted by molar-refractivity contribution is -0.284. The van der Waals surface area contributed by atoms with Crippen LogP contribution in [0.3, 0.4) is 0 Å². The molecule has 1 saturated heterocycles. The lowest BCUT2D eigenvalue weighted by Crippen LogP contribution is -2.64. The summed E-state index contributed by atoms with van der Waals surface area (Å²) >= 11 is 0. The fraction of sp³-hybridized carbons (Fsp3) is 1.00. The summed E-state index contributed by atoms with van der Waals surface area (Å²) in [4.78, 5) is 0. The molecular formula is C16H33NO3. The van der Waals surface area contributed by atoms with E-state index in [1.807, 2.05) is 0 Å². The maximum absolute atomic E-state index is 10.9. The van der Waals surface area contributed by atoms with Crippen molar-refractivity contribution in [3.63, 3.8) is 0 Å². The van der Waals surface area contributed by atoms with Crippen LogP contribution < -0.4 is 0 Å². The third kappa shape index (κ3) is 3.35. The zero-order chi connectivity index (χ0) is 15.2. The van der Waals surface area contributed by atoms with E-state index >= 15 is 0 Å². The predicted molar refractivity (Wildman–Crippen MR) is 80.9 cm³/mol. The SMILES string of the molecule is CCC1(CC)CC(OCCCO)CC(CC)(CC)N1O. The first kappa shape index (κ1) is 17.9. The van der Waals surface area contributed by atoms with Gasteiger partial charge in [-0.1, -0.05) is 27.7 Å². The molecule has 0 bridgehead atoms. The van der Waals surface area contributed by atoms with Crippen LogP contribution in [0.4, 0.5) is 0 Å². The van der Waals surface area contributed by atoms with E-state index in [1.165, 1.54) is 0 Å². The topological polar surface area (TPSA) is 52.9 Å². The van der Waals surface area contributed by atoms with E-state index in [1.54, 1.807) is 5.06 Å². The number of hydrogen-bond acceptors (Lipinski definition) is 4. The molecular weight excluding hydrogens is 254 g/mol. The molecule has 0 spiro atoms. The third-order valence-corrected chi connectivity index (χ3v) is 5.40. The van der Waals surface area contributed by atoms with Crippen LogP contribution in [0.1, 0.15) is 72.6 Å². The molecule has 0 amide bonds. The van der Waals surface area contributed by atoms with Gasteiger partial charge in [-0.2, -0.15) is 5.06 Å². The van der Waals surface area contributed by atoms with E-state index in [0.717, 1.165) is 38.5 Å². The highest BCUT2D eigenvalue weighted by Crippen LogP contribution is 2.45. The van der Waals surface area contributed by atoms with E-state index in [4.69, 9.17) is 9.84 Å². The van der Waals surface area contributed by atoms with Crippen LogP contribution in [0.25, 0.3) is 0 Å². The Morgan fingerprint density at radius 3 is 1.80 bits per heavy atom. The third-order valence-electron chi connectivity index (χ3n) is 5.40. The Hall–Kier alpha value is -0.160. The number of aliphatic hydroxyl groups excluding tert-OH is 1. The van der Waals surface area contributed by atoms with Crippen LogP contribution in [0.15, 0.2) is 0 Å². The first-order valence-electron chi connectivity index (χ1n) is 8.25. The zero-order valence-corrected chi connectivity index (χ0v) is 13.7. The number of nitrogens with zero attached hydrogens (tertiary/aromatic N) is 1. The summed E-state index contributed by atoms with van der Waals surface area (Å²) in [7, 11) is 0. The van der Waals surface area contributed by atoms with Crippen molar-refractivity contribution in [1.29, 1.82) is 0 Å². The molecule has 20 heavy (non-hydrogen) atoms. The van der Waals surface area contributed by atoms with E-state index < -0.39 is 0 Å². The first-order chi connectivity index (χ1) is 9.54. The number of hydroxylamine groups is 2. The lowest BCUT2D eigenvalue weighted by atomic mass is 9.72. The highest BCUT2D eigenvalue weighted by Gasteiger charge is 2.51. The molecule has 0 unspecified atom stereocenters. The molecule has 0 atom stereocenters. The standard InChI is InChI=1S/C16H33NO3/c1-5-15(6-2)12-14(20-11-9-10-18)13-16(7-3,8-4)17(15)19/h14,18-19H,5-13H2,1-4H3. The molecule has 4 nitrogen and oxygen atoms in total. The fourth-order valence-corrected chi connectivity index (χ4v) is 3.70. The molecule has 0 aliphatic carbocycles. The summed E-state index contributed by atoms with van der Waals surface area (Å²) in [6.45, 7) is 9.40. The molecule has 1 rings (SSSR count). The van der Waals surface area contributed by atoms with Crippen LogP contribution in [0.5, 0.6) is 0 Å². The lowest BCUT2D eigenvalue weighted by Gasteiger charge is -2.56. The average molecular weight is 287 g/mol. The summed E-state index contributed by atoms with van der Waals surface area (Å²) in [5, 5.41) is 21.4. The molecule has 0 aromatic carbocycles. The summed E-state index contributed by atoms with van der Waals surface area (Å²) in [6, 6.07) is 0. The molecule has 0 saturated carbocycles. The van der Waals surface area contributed by atoms with Gasteiger partial charge in [0.05, 0.1) is 6.10 Å². The quantitative estimate of drug-likeness (QED) is 0.672. The molecule has 1 heterocycles. The van der Waals surface area contributed by atoms with Gasteiger partial charge in [-0.25, -0.2) is 0 Å². The minimum atomic E-state index is -0.172. The molecule has 0 radical (unpaired) electrons. The summed E-state index contributed by atoms with van der Waals surface area (Å²) in [5.74, 6) is 0. The second-order valence-electron chi connectivity index (χ2n) is 6.15. The second-order valence-corrected chi connectivity index (χ2v) is 6.15. The van der Waals surface area contributed by atoms with Crippen molar-refractivity contribution in [3.8, 4) is 0 Å². The highest BCUT2D eigenvalue weighted by atomic mass is 16.5.